The number of hydrogen-bond donors (Lipinski definition) is 0. The Morgan fingerprint density at radius 2 is 2.13 bits per heavy atom. The van der Waals surface area contributed by atoms with Crippen LogP contribution in [-0.2, 0) is 9.53 Å². The summed E-state index contributed by atoms with van der Waals surface area (Å²) in [6.07, 6.45) is -0.701. The van der Waals surface area contributed by atoms with Gasteiger partial charge >= 0.3 is 6.18 Å². The minimum Gasteiger partial charge on any atom is -0.467 e. The summed E-state index contributed by atoms with van der Waals surface area (Å²) < 4.78 is 47.4. The fourth-order valence-electron chi connectivity index (χ4n) is 3.67. The Hall–Kier alpha value is -3.00. The third-order valence-electron chi connectivity index (χ3n) is 4.84. The molecule has 2 heterocycles. The number of aromatic nitrogens is 2. The second-order valence-corrected chi connectivity index (χ2v) is 7.85. The van der Waals surface area contributed by atoms with Crippen molar-refractivity contribution in [2.24, 2.45) is 5.41 Å². The Labute approximate surface area is 170 Å². The highest BCUT2D eigenvalue weighted by Gasteiger charge is 2.48. The molecule has 30 heavy (non-hydrogen) atoms. The third-order valence-corrected chi connectivity index (χ3v) is 4.84. The molecule has 2 aliphatic rings. The van der Waals surface area contributed by atoms with E-state index in [4.69, 9.17) is 4.74 Å². The van der Waals surface area contributed by atoms with Gasteiger partial charge in [-0.25, -0.2) is 4.98 Å². The van der Waals surface area contributed by atoms with Gasteiger partial charge in [0.25, 0.3) is 5.91 Å². The number of nitrogens with zero attached hydrogens (tertiary/aromatic N) is 4. The Morgan fingerprint density at radius 3 is 2.80 bits per heavy atom. The molecule has 1 aromatic rings. The molecule has 0 N–H and O–H groups in total. The highest BCUT2D eigenvalue weighted by molar-refractivity contribution is 6.04. The molecule has 1 unspecified atom stereocenters. The summed E-state index contributed by atoms with van der Waals surface area (Å²) in [5, 5.41) is 9.31. The average Bonchev–Trinajstić information content (AvgIpc) is 2.68. The highest BCUT2D eigenvalue weighted by Crippen LogP contribution is 2.41. The molecule has 1 fully saturated rings. The maximum absolute atomic E-state index is 12.9. The molecule has 0 radical (unpaired) electrons. The molecule has 1 spiro atoms. The number of nitriles is 1. The lowest BCUT2D eigenvalue weighted by Crippen LogP contribution is -2.57. The van der Waals surface area contributed by atoms with E-state index in [2.05, 4.69) is 14.7 Å². The first-order chi connectivity index (χ1) is 13.9. The second kappa shape index (κ2) is 7.68. The number of rotatable bonds is 3. The van der Waals surface area contributed by atoms with Crippen LogP contribution in [0.4, 0.5) is 13.2 Å². The zero-order valence-electron chi connectivity index (χ0n) is 16.3. The predicted molar refractivity (Wildman–Crippen MR) is 95.3 cm³/mol. The van der Waals surface area contributed by atoms with Crippen LogP contribution in [0, 0.1) is 16.7 Å². The van der Waals surface area contributed by atoms with Crippen LogP contribution in [0.3, 0.4) is 0 Å². The molecule has 3 rings (SSSR count). The van der Waals surface area contributed by atoms with E-state index in [0.717, 1.165) is 12.4 Å². The number of alkyl halides is 3. The Morgan fingerprint density at radius 1 is 1.40 bits per heavy atom. The molecule has 11 heteroatoms. The Balaban J connectivity index is 1.81. The number of carbonyl (C=O) groups is 2. The Bertz CT molecular complexity index is 938. The molecule has 0 aromatic carbocycles. The number of hydrogen-bond acceptors (Lipinski definition) is 7. The van der Waals surface area contributed by atoms with Gasteiger partial charge in [0.15, 0.2) is 18.1 Å². The third kappa shape index (κ3) is 4.59. The molecule has 160 valence electrons. The lowest BCUT2D eigenvalue weighted by molar-refractivity contribution is -0.154. The van der Waals surface area contributed by atoms with Crippen LogP contribution in [0.2, 0.25) is 0 Å². The van der Waals surface area contributed by atoms with Crippen molar-refractivity contribution in [2.45, 2.75) is 32.0 Å². The van der Waals surface area contributed by atoms with Crippen LogP contribution in [-0.4, -0.2) is 64.6 Å². The summed E-state index contributed by atoms with van der Waals surface area (Å²) in [5.41, 5.74) is -2.07. The van der Waals surface area contributed by atoms with E-state index in [1.165, 1.54) is 11.0 Å². The van der Waals surface area contributed by atoms with Crippen LogP contribution < -0.4 is 4.74 Å². The van der Waals surface area contributed by atoms with Crippen LogP contribution in [0.1, 0.15) is 30.8 Å². The lowest BCUT2D eigenvalue weighted by Gasteiger charge is -2.46. The van der Waals surface area contributed by atoms with E-state index in [1.807, 2.05) is 6.07 Å². The first-order valence-corrected chi connectivity index (χ1v) is 9.07. The summed E-state index contributed by atoms with van der Waals surface area (Å²) in [7, 11) is 0. The van der Waals surface area contributed by atoms with Crippen LogP contribution in [0.25, 0.3) is 0 Å². The molecule has 0 bridgehead atoms. The molecular formula is C19H19F3N4O4. The van der Waals surface area contributed by atoms with Gasteiger partial charge < -0.3 is 14.4 Å². The summed E-state index contributed by atoms with van der Waals surface area (Å²) in [5.74, 6) is -1.27. The molecule has 8 nitrogen and oxygen atoms in total. The molecular weight excluding hydrogens is 405 g/mol. The van der Waals surface area contributed by atoms with E-state index in [1.54, 1.807) is 13.8 Å². The van der Waals surface area contributed by atoms with E-state index in [0.29, 0.717) is 0 Å². The minimum absolute atomic E-state index is 0.0251. The Kier molecular flexibility index (Phi) is 5.56. The average molecular weight is 424 g/mol. The maximum atomic E-state index is 12.9. The van der Waals surface area contributed by atoms with Crippen molar-refractivity contribution < 1.29 is 32.2 Å². The number of carbonyl (C=O) groups excluding carboxylic acids is 2. The van der Waals surface area contributed by atoms with E-state index >= 15 is 0 Å². The van der Waals surface area contributed by atoms with E-state index in [-0.39, 0.29) is 43.2 Å². The zero-order chi connectivity index (χ0) is 22.2. The van der Waals surface area contributed by atoms with Crippen molar-refractivity contribution in [1.29, 1.82) is 5.26 Å². The molecule has 1 atom stereocenters. The smallest absolute Gasteiger partial charge is 0.422 e. The van der Waals surface area contributed by atoms with Gasteiger partial charge in [0.2, 0.25) is 5.88 Å². The standard InChI is InChI=1S/C19H19F3N4O4/c1-17(2)9-18(5-12(6-23)15(17)27)10-26(3-4-30-18)16(28)13-7-24-8-14(25-13)29-11-19(20,21)22/h5,7-8H,3-4,9-11H2,1-2H3. The van der Waals surface area contributed by atoms with Gasteiger partial charge in [0.05, 0.1) is 31.1 Å². The number of amides is 1. The number of Topliss-reactive ketones (excluding diaryl/α,β-unsaturated/α-hetero) is 1. The first kappa shape index (κ1) is 21.7. The molecule has 0 saturated carbocycles. The van der Waals surface area contributed by atoms with Gasteiger partial charge in [-0.15, -0.1) is 0 Å². The monoisotopic (exact) mass is 424 g/mol. The van der Waals surface area contributed by atoms with Crippen LogP contribution in [0.15, 0.2) is 24.0 Å². The van der Waals surface area contributed by atoms with Gasteiger partial charge in [-0.3, -0.25) is 14.6 Å². The normalized spacial score (nSPS) is 23.7. The van der Waals surface area contributed by atoms with Gasteiger partial charge in [-0.2, -0.15) is 18.4 Å². The number of ketones is 1. The highest BCUT2D eigenvalue weighted by atomic mass is 19.4. The predicted octanol–water partition coefficient (Wildman–Crippen LogP) is 2.08. The lowest BCUT2D eigenvalue weighted by atomic mass is 9.69. The van der Waals surface area contributed by atoms with Crippen molar-refractivity contribution in [3.05, 3.63) is 29.7 Å². The molecule has 1 aliphatic carbocycles. The summed E-state index contributed by atoms with van der Waals surface area (Å²) >= 11 is 0. The largest absolute Gasteiger partial charge is 0.467 e. The van der Waals surface area contributed by atoms with Crippen LogP contribution in [0.5, 0.6) is 5.88 Å². The SMILES string of the molecule is CC1(C)CC2(C=C(C#N)C1=O)CN(C(=O)c1cncc(OCC(F)(F)F)n1)CCO2. The maximum Gasteiger partial charge on any atom is 0.422 e. The van der Waals surface area contributed by atoms with Gasteiger partial charge in [-0.1, -0.05) is 13.8 Å². The van der Waals surface area contributed by atoms with Gasteiger partial charge in [0, 0.05) is 12.0 Å². The van der Waals surface area contributed by atoms with Gasteiger partial charge in [-0.05, 0) is 12.5 Å². The number of morpholine rings is 1. The van der Waals surface area contributed by atoms with Gasteiger partial charge in [0.1, 0.15) is 11.7 Å². The number of halogens is 3. The minimum atomic E-state index is -4.55. The fourth-order valence-corrected chi connectivity index (χ4v) is 3.67. The topological polar surface area (TPSA) is 105 Å². The molecule has 1 aliphatic heterocycles. The first-order valence-electron chi connectivity index (χ1n) is 9.07. The van der Waals surface area contributed by atoms with Crippen molar-refractivity contribution in [1.82, 2.24) is 14.9 Å². The quantitative estimate of drug-likeness (QED) is 0.731. The molecule has 1 aromatic heterocycles. The molecule has 1 amide bonds. The fraction of sp³-hybridized carbons (Fsp3) is 0.526. The van der Waals surface area contributed by atoms with Crippen molar-refractivity contribution in [3.63, 3.8) is 0 Å². The van der Waals surface area contributed by atoms with Crippen molar-refractivity contribution in [3.8, 4) is 11.9 Å². The molecule has 1 saturated heterocycles. The van der Waals surface area contributed by atoms with E-state index in [9.17, 15) is 28.0 Å². The number of ether oxygens (including phenoxy) is 2. The van der Waals surface area contributed by atoms with Crippen molar-refractivity contribution in [2.75, 3.05) is 26.3 Å². The summed E-state index contributed by atoms with van der Waals surface area (Å²) in [6.45, 7) is 2.29. The number of allylic oxidation sites excluding steroid dienone is 1. The van der Waals surface area contributed by atoms with Crippen LogP contribution >= 0.6 is 0 Å². The second-order valence-electron chi connectivity index (χ2n) is 7.85. The summed E-state index contributed by atoms with van der Waals surface area (Å²) in [6, 6.07) is 1.89. The van der Waals surface area contributed by atoms with E-state index < -0.39 is 35.6 Å². The van der Waals surface area contributed by atoms with Crippen molar-refractivity contribution >= 4 is 11.7 Å². The summed E-state index contributed by atoms with van der Waals surface area (Å²) in [4.78, 5) is 34.2. The zero-order valence-corrected chi connectivity index (χ0v) is 16.3.